The van der Waals surface area contributed by atoms with Crippen LogP contribution < -0.4 is 9.80 Å². The number of imidazole rings is 1. The van der Waals surface area contributed by atoms with Crippen molar-refractivity contribution in [2.45, 2.75) is 26.2 Å². The maximum absolute atomic E-state index is 11.9. The number of fused-ring (bicyclic) bond motifs is 1. The summed E-state index contributed by atoms with van der Waals surface area (Å²) < 4.78 is 1.11. The lowest BCUT2D eigenvalue weighted by atomic mass is 10.0. The fourth-order valence-corrected chi connectivity index (χ4v) is 4.19. The highest BCUT2D eigenvalue weighted by Gasteiger charge is 2.20. The summed E-state index contributed by atoms with van der Waals surface area (Å²) in [5.74, 6) is 0.790. The highest BCUT2D eigenvalue weighted by atomic mass is 79.9. The van der Waals surface area contributed by atoms with Crippen LogP contribution in [0, 0.1) is 0 Å². The average Bonchev–Trinajstić information content (AvgIpc) is 3.11. The Kier molecular flexibility index (Phi) is 5.40. The molecule has 1 aliphatic rings. The third-order valence-electron chi connectivity index (χ3n) is 5.55. The molecule has 0 aliphatic carbocycles. The van der Waals surface area contributed by atoms with Gasteiger partial charge in [-0.15, -0.1) is 0 Å². The van der Waals surface area contributed by atoms with Crippen LogP contribution in [0.4, 0.5) is 11.4 Å². The van der Waals surface area contributed by atoms with Crippen LogP contribution in [-0.4, -0.2) is 41.9 Å². The zero-order valence-corrected chi connectivity index (χ0v) is 17.9. The molecule has 1 atom stereocenters. The molecule has 28 heavy (non-hydrogen) atoms. The molecule has 0 spiro atoms. The predicted molar refractivity (Wildman–Crippen MR) is 118 cm³/mol. The Hall–Kier alpha value is -2.34. The number of hydrogen-bond donors (Lipinski definition) is 1. The number of rotatable bonds is 5. The summed E-state index contributed by atoms with van der Waals surface area (Å²) in [6.07, 6.45) is 0.764. The van der Waals surface area contributed by atoms with Crippen LogP contribution in [0.25, 0.3) is 11.0 Å². The van der Waals surface area contributed by atoms with E-state index in [1.54, 1.807) is 6.92 Å². The van der Waals surface area contributed by atoms with E-state index < -0.39 is 0 Å². The van der Waals surface area contributed by atoms with E-state index in [1.165, 1.54) is 11.4 Å². The number of Topliss-reactive ketones (excluding diaryl/α,β-unsaturated/α-hetero) is 1. The number of benzene rings is 2. The summed E-state index contributed by atoms with van der Waals surface area (Å²) in [6.45, 7) is 7.61. The summed E-state index contributed by atoms with van der Waals surface area (Å²) in [7, 11) is 0. The number of piperazine rings is 1. The van der Waals surface area contributed by atoms with E-state index in [0.29, 0.717) is 0 Å². The molecule has 2 aromatic carbocycles. The van der Waals surface area contributed by atoms with Gasteiger partial charge < -0.3 is 14.8 Å². The standard InChI is InChI=1S/C22H25BrN4O/c1-3-19(15(2)28)22-24-20-9-8-18(14-21(20)25-22)27-12-10-26(11-13-27)17-6-4-16(23)5-7-17/h4-9,14,19H,3,10-13H2,1-2H3,(H,24,25). The van der Waals surface area contributed by atoms with Crippen LogP contribution in [0.5, 0.6) is 0 Å². The minimum Gasteiger partial charge on any atom is -0.368 e. The van der Waals surface area contributed by atoms with Crippen LogP contribution in [0.3, 0.4) is 0 Å². The third kappa shape index (κ3) is 3.78. The monoisotopic (exact) mass is 440 g/mol. The Morgan fingerprint density at radius 3 is 2.29 bits per heavy atom. The minimum absolute atomic E-state index is 0.148. The van der Waals surface area contributed by atoms with Crippen LogP contribution in [-0.2, 0) is 4.79 Å². The van der Waals surface area contributed by atoms with Crippen molar-refractivity contribution in [2.24, 2.45) is 0 Å². The number of hydrogen-bond acceptors (Lipinski definition) is 4. The normalized spacial score (nSPS) is 15.8. The molecule has 1 fully saturated rings. The number of H-pyrrole nitrogens is 1. The Labute approximate surface area is 173 Å². The molecule has 0 amide bonds. The van der Waals surface area contributed by atoms with Crippen molar-refractivity contribution in [1.82, 2.24) is 9.97 Å². The second kappa shape index (κ2) is 7.95. The highest BCUT2D eigenvalue weighted by molar-refractivity contribution is 9.10. The molecule has 6 heteroatoms. The van der Waals surface area contributed by atoms with Crippen LogP contribution >= 0.6 is 15.9 Å². The largest absolute Gasteiger partial charge is 0.368 e. The number of halogens is 1. The fourth-order valence-electron chi connectivity index (χ4n) is 3.93. The molecular weight excluding hydrogens is 416 g/mol. The topological polar surface area (TPSA) is 52.2 Å². The molecule has 1 saturated heterocycles. The number of aromatic nitrogens is 2. The van der Waals surface area contributed by atoms with E-state index in [9.17, 15) is 4.79 Å². The molecule has 0 saturated carbocycles. The number of carbonyl (C=O) groups excluding carboxylic acids is 1. The van der Waals surface area contributed by atoms with Gasteiger partial charge in [-0.2, -0.15) is 0 Å². The third-order valence-corrected chi connectivity index (χ3v) is 6.08. The molecule has 146 valence electrons. The van der Waals surface area contributed by atoms with E-state index >= 15 is 0 Å². The summed E-state index contributed by atoms with van der Waals surface area (Å²) in [4.78, 5) is 24.7. The minimum atomic E-state index is -0.148. The molecule has 1 aliphatic heterocycles. The smallest absolute Gasteiger partial charge is 0.140 e. The number of nitrogens with zero attached hydrogens (tertiary/aromatic N) is 3. The van der Waals surface area contributed by atoms with Crippen molar-refractivity contribution in [3.05, 3.63) is 52.8 Å². The number of anilines is 2. The van der Waals surface area contributed by atoms with Gasteiger partial charge in [-0.25, -0.2) is 4.98 Å². The highest BCUT2D eigenvalue weighted by Crippen LogP contribution is 2.27. The summed E-state index contributed by atoms with van der Waals surface area (Å²) in [5, 5.41) is 0. The SMILES string of the molecule is CCC(C(C)=O)c1nc2ccc(N3CCN(c4ccc(Br)cc4)CC3)cc2[nH]1. The lowest BCUT2D eigenvalue weighted by Crippen LogP contribution is -2.46. The molecule has 1 aromatic heterocycles. The quantitative estimate of drug-likeness (QED) is 0.622. The first-order valence-electron chi connectivity index (χ1n) is 9.80. The Balaban J connectivity index is 1.49. The molecule has 1 unspecified atom stereocenters. The summed E-state index contributed by atoms with van der Waals surface area (Å²) in [6, 6.07) is 14.9. The maximum Gasteiger partial charge on any atom is 0.140 e. The zero-order valence-electron chi connectivity index (χ0n) is 16.3. The predicted octanol–water partition coefficient (Wildman–Crippen LogP) is 4.73. The van der Waals surface area contributed by atoms with Gasteiger partial charge in [0, 0.05) is 42.0 Å². The van der Waals surface area contributed by atoms with E-state index in [1.807, 2.05) is 6.92 Å². The second-order valence-corrected chi connectivity index (χ2v) is 8.26. The number of carbonyl (C=O) groups is 1. The van der Waals surface area contributed by atoms with Crippen LogP contribution in [0.15, 0.2) is 46.9 Å². The van der Waals surface area contributed by atoms with Gasteiger partial charge >= 0.3 is 0 Å². The summed E-state index contributed by atoms with van der Waals surface area (Å²) in [5.41, 5.74) is 4.40. The van der Waals surface area contributed by atoms with Gasteiger partial charge in [-0.3, -0.25) is 4.79 Å². The van der Waals surface area contributed by atoms with Gasteiger partial charge in [0.1, 0.15) is 11.6 Å². The second-order valence-electron chi connectivity index (χ2n) is 7.35. The molecule has 4 rings (SSSR count). The molecule has 1 N–H and O–H groups in total. The van der Waals surface area contributed by atoms with E-state index in [4.69, 9.17) is 0 Å². The molecule has 0 radical (unpaired) electrons. The Morgan fingerprint density at radius 1 is 1.07 bits per heavy atom. The lowest BCUT2D eigenvalue weighted by molar-refractivity contribution is -0.118. The van der Waals surface area contributed by atoms with Gasteiger partial charge in [0.25, 0.3) is 0 Å². The average molecular weight is 441 g/mol. The molecule has 2 heterocycles. The van der Waals surface area contributed by atoms with E-state index in [2.05, 4.69) is 78.2 Å². The Bertz CT molecular complexity index is 974. The first kappa shape index (κ1) is 19.0. The number of nitrogens with one attached hydrogen (secondary N) is 1. The van der Waals surface area contributed by atoms with Crippen LogP contribution in [0.2, 0.25) is 0 Å². The molecule has 0 bridgehead atoms. The maximum atomic E-state index is 11.9. The zero-order chi connectivity index (χ0) is 19.7. The van der Waals surface area contributed by atoms with E-state index in [-0.39, 0.29) is 11.7 Å². The van der Waals surface area contributed by atoms with Crippen molar-refractivity contribution in [1.29, 1.82) is 0 Å². The molecule has 3 aromatic rings. The van der Waals surface area contributed by atoms with Crippen molar-refractivity contribution < 1.29 is 4.79 Å². The van der Waals surface area contributed by atoms with Gasteiger partial charge in [-0.1, -0.05) is 22.9 Å². The van der Waals surface area contributed by atoms with Gasteiger partial charge in [0.15, 0.2) is 0 Å². The van der Waals surface area contributed by atoms with Crippen molar-refractivity contribution in [3.8, 4) is 0 Å². The number of ketones is 1. The van der Waals surface area contributed by atoms with Gasteiger partial charge in [-0.05, 0) is 55.8 Å². The van der Waals surface area contributed by atoms with E-state index in [0.717, 1.165) is 53.9 Å². The van der Waals surface area contributed by atoms with Gasteiger partial charge in [0.2, 0.25) is 0 Å². The molecular formula is C22H25BrN4O. The molecule has 5 nitrogen and oxygen atoms in total. The number of aromatic amines is 1. The van der Waals surface area contributed by atoms with Crippen molar-refractivity contribution in [3.63, 3.8) is 0 Å². The Morgan fingerprint density at radius 2 is 1.68 bits per heavy atom. The fraction of sp³-hybridized carbons (Fsp3) is 0.364. The van der Waals surface area contributed by atoms with Gasteiger partial charge in [0.05, 0.1) is 17.0 Å². The van der Waals surface area contributed by atoms with Crippen molar-refractivity contribution >= 4 is 44.1 Å². The lowest BCUT2D eigenvalue weighted by Gasteiger charge is -2.37. The summed E-state index contributed by atoms with van der Waals surface area (Å²) >= 11 is 3.50. The van der Waals surface area contributed by atoms with Crippen LogP contribution in [0.1, 0.15) is 32.0 Å². The van der Waals surface area contributed by atoms with Crippen molar-refractivity contribution in [2.75, 3.05) is 36.0 Å². The first-order chi connectivity index (χ1) is 13.5. The first-order valence-corrected chi connectivity index (χ1v) is 10.6.